The first kappa shape index (κ1) is 20.6. The zero-order chi connectivity index (χ0) is 20.1. The first-order chi connectivity index (χ1) is 13.4. The minimum atomic E-state index is -3.81. The van der Waals surface area contributed by atoms with E-state index in [0.29, 0.717) is 19.0 Å². The van der Waals surface area contributed by atoms with Crippen LogP contribution in [0.5, 0.6) is 5.75 Å². The van der Waals surface area contributed by atoms with E-state index in [4.69, 9.17) is 21.1 Å². The molecule has 28 heavy (non-hydrogen) atoms. The Kier molecular flexibility index (Phi) is 6.56. The lowest BCUT2D eigenvalue weighted by Crippen LogP contribution is -2.40. The lowest BCUT2D eigenvalue weighted by atomic mass is 10.1. The van der Waals surface area contributed by atoms with Crippen molar-refractivity contribution in [3.05, 3.63) is 58.6 Å². The quantitative estimate of drug-likeness (QED) is 0.769. The van der Waals surface area contributed by atoms with Gasteiger partial charge in [0.1, 0.15) is 10.6 Å². The van der Waals surface area contributed by atoms with Crippen LogP contribution in [0, 0.1) is 0 Å². The first-order valence-electron chi connectivity index (χ1n) is 8.71. The summed E-state index contributed by atoms with van der Waals surface area (Å²) in [5, 5.41) is 2.85. The van der Waals surface area contributed by atoms with Gasteiger partial charge >= 0.3 is 0 Å². The van der Waals surface area contributed by atoms with E-state index in [9.17, 15) is 13.2 Å². The number of ether oxygens (including phenoxy) is 2. The van der Waals surface area contributed by atoms with Gasteiger partial charge in [-0.3, -0.25) is 4.79 Å². The Morgan fingerprint density at radius 3 is 2.64 bits per heavy atom. The molecule has 0 aliphatic carbocycles. The average molecular weight is 425 g/mol. The van der Waals surface area contributed by atoms with Gasteiger partial charge in [-0.2, -0.15) is 4.31 Å². The van der Waals surface area contributed by atoms with Crippen LogP contribution in [0.1, 0.15) is 15.9 Å². The van der Waals surface area contributed by atoms with Gasteiger partial charge in [0.15, 0.2) is 0 Å². The number of amides is 1. The van der Waals surface area contributed by atoms with Crippen LogP contribution in [0.15, 0.2) is 47.4 Å². The molecule has 1 saturated heterocycles. The molecule has 150 valence electrons. The number of benzene rings is 2. The molecule has 2 aromatic rings. The predicted octanol–water partition coefficient (Wildman–Crippen LogP) is 2.30. The zero-order valence-electron chi connectivity index (χ0n) is 15.4. The van der Waals surface area contributed by atoms with Gasteiger partial charge in [-0.1, -0.05) is 29.8 Å². The lowest BCUT2D eigenvalue weighted by Gasteiger charge is -2.26. The summed E-state index contributed by atoms with van der Waals surface area (Å²) < 4.78 is 37.5. The van der Waals surface area contributed by atoms with Crippen molar-refractivity contribution >= 4 is 27.5 Å². The van der Waals surface area contributed by atoms with Gasteiger partial charge in [0.05, 0.1) is 25.3 Å². The van der Waals surface area contributed by atoms with Crippen LogP contribution in [0.2, 0.25) is 5.02 Å². The lowest BCUT2D eigenvalue weighted by molar-refractivity contribution is 0.0730. The molecule has 1 aliphatic rings. The summed E-state index contributed by atoms with van der Waals surface area (Å²) in [4.78, 5) is 12.5. The Hall–Kier alpha value is -2.13. The third-order valence-corrected chi connectivity index (χ3v) is 6.79. The van der Waals surface area contributed by atoms with Gasteiger partial charge in [-0.05, 0) is 24.3 Å². The molecule has 1 aliphatic heterocycles. The summed E-state index contributed by atoms with van der Waals surface area (Å²) in [6, 6.07) is 11.6. The molecule has 0 spiro atoms. The molecule has 0 bridgehead atoms. The maximum Gasteiger partial charge on any atom is 0.251 e. The van der Waals surface area contributed by atoms with Gasteiger partial charge in [0, 0.05) is 30.8 Å². The molecule has 2 aromatic carbocycles. The third kappa shape index (κ3) is 4.47. The summed E-state index contributed by atoms with van der Waals surface area (Å²) in [6.45, 7) is 1.41. The standard InChI is InChI=1S/C19H21ClN2O5S/c1-26-17-5-3-2-4-15(17)13-21-19(23)14-6-7-16(20)18(12-14)28(24,25)22-8-10-27-11-9-22/h2-7,12H,8-11,13H2,1H3,(H,21,23). The van der Waals surface area contributed by atoms with Crippen molar-refractivity contribution < 1.29 is 22.7 Å². The number of halogens is 1. The Labute approximate surface area is 169 Å². The molecule has 7 nitrogen and oxygen atoms in total. The van der Waals surface area contributed by atoms with Crippen LogP contribution < -0.4 is 10.1 Å². The number of nitrogens with zero attached hydrogens (tertiary/aromatic N) is 1. The molecule has 0 atom stereocenters. The van der Waals surface area contributed by atoms with E-state index in [1.165, 1.54) is 22.5 Å². The van der Waals surface area contributed by atoms with Crippen molar-refractivity contribution in [2.45, 2.75) is 11.4 Å². The number of sulfonamides is 1. The third-order valence-electron chi connectivity index (χ3n) is 4.41. The number of hydrogen-bond donors (Lipinski definition) is 1. The second kappa shape index (κ2) is 8.91. The van der Waals surface area contributed by atoms with Crippen molar-refractivity contribution in [1.82, 2.24) is 9.62 Å². The topological polar surface area (TPSA) is 84.9 Å². The van der Waals surface area contributed by atoms with Gasteiger partial charge in [-0.25, -0.2) is 8.42 Å². The second-order valence-corrected chi connectivity index (χ2v) is 8.47. The van der Waals surface area contributed by atoms with E-state index in [0.717, 1.165) is 5.56 Å². The molecule has 0 unspecified atom stereocenters. The van der Waals surface area contributed by atoms with Crippen molar-refractivity contribution in [2.75, 3.05) is 33.4 Å². The summed E-state index contributed by atoms with van der Waals surface area (Å²) >= 11 is 6.13. The van der Waals surface area contributed by atoms with Crippen LogP contribution in [-0.4, -0.2) is 52.0 Å². The first-order valence-corrected chi connectivity index (χ1v) is 10.5. The number of hydrogen-bond acceptors (Lipinski definition) is 5. The number of para-hydroxylation sites is 1. The van der Waals surface area contributed by atoms with E-state index in [-0.39, 0.29) is 35.1 Å². The van der Waals surface area contributed by atoms with Crippen molar-refractivity contribution in [1.29, 1.82) is 0 Å². The molecular formula is C19H21ClN2O5S. The van der Waals surface area contributed by atoms with E-state index < -0.39 is 15.9 Å². The van der Waals surface area contributed by atoms with E-state index in [2.05, 4.69) is 5.32 Å². The number of morpholine rings is 1. The molecule has 0 aromatic heterocycles. The van der Waals surface area contributed by atoms with Crippen molar-refractivity contribution in [3.8, 4) is 5.75 Å². The van der Waals surface area contributed by atoms with Crippen molar-refractivity contribution in [2.24, 2.45) is 0 Å². The van der Waals surface area contributed by atoms with Crippen LogP contribution in [0.4, 0.5) is 0 Å². The van der Waals surface area contributed by atoms with Gasteiger partial charge in [0.25, 0.3) is 5.91 Å². The van der Waals surface area contributed by atoms with Crippen LogP contribution >= 0.6 is 11.6 Å². The number of carbonyl (C=O) groups excluding carboxylic acids is 1. The molecule has 1 heterocycles. The summed E-state index contributed by atoms with van der Waals surface area (Å²) in [5.74, 6) is 0.260. The van der Waals surface area contributed by atoms with Crippen LogP contribution in [0.3, 0.4) is 0 Å². The monoisotopic (exact) mass is 424 g/mol. The highest BCUT2D eigenvalue weighted by molar-refractivity contribution is 7.89. The Bertz CT molecular complexity index is 959. The number of carbonyl (C=O) groups is 1. The fourth-order valence-corrected chi connectivity index (χ4v) is 4.80. The summed E-state index contributed by atoms with van der Waals surface area (Å²) in [5.41, 5.74) is 1.03. The summed E-state index contributed by atoms with van der Waals surface area (Å²) in [6.07, 6.45) is 0. The highest BCUT2D eigenvalue weighted by Gasteiger charge is 2.29. The van der Waals surface area contributed by atoms with Crippen LogP contribution in [-0.2, 0) is 21.3 Å². The van der Waals surface area contributed by atoms with Gasteiger partial charge in [-0.15, -0.1) is 0 Å². The van der Waals surface area contributed by atoms with E-state index >= 15 is 0 Å². The normalized spacial score (nSPS) is 15.2. The van der Waals surface area contributed by atoms with Gasteiger partial charge in [0.2, 0.25) is 10.0 Å². The maximum absolute atomic E-state index is 12.9. The number of nitrogens with one attached hydrogen (secondary N) is 1. The fraction of sp³-hybridized carbons (Fsp3) is 0.316. The van der Waals surface area contributed by atoms with E-state index in [1.807, 2.05) is 18.2 Å². The SMILES string of the molecule is COc1ccccc1CNC(=O)c1ccc(Cl)c(S(=O)(=O)N2CCOCC2)c1. The summed E-state index contributed by atoms with van der Waals surface area (Å²) in [7, 11) is -2.25. The molecule has 9 heteroatoms. The Morgan fingerprint density at radius 2 is 1.93 bits per heavy atom. The maximum atomic E-state index is 12.9. The molecule has 0 radical (unpaired) electrons. The molecule has 0 saturated carbocycles. The molecular weight excluding hydrogens is 404 g/mol. The average Bonchev–Trinajstić information content (AvgIpc) is 2.73. The van der Waals surface area contributed by atoms with Gasteiger partial charge < -0.3 is 14.8 Å². The molecule has 1 N–H and O–H groups in total. The minimum absolute atomic E-state index is 0.0766. The molecule has 3 rings (SSSR count). The second-order valence-electron chi connectivity index (χ2n) is 6.16. The largest absolute Gasteiger partial charge is 0.496 e. The minimum Gasteiger partial charge on any atom is -0.496 e. The molecule has 1 fully saturated rings. The van der Waals surface area contributed by atoms with Crippen LogP contribution in [0.25, 0.3) is 0 Å². The fourth-order valence-electron chi connectivity index (χ4n) is 2.89. The highest BCUT2D eigenvalue weighted by atomic mass is 35.5. The van der Waals surface area contributed by atoms with E-state index in [1.54, 1.807) is 13.2 Å². The number of rotatable bonds is 6. The molecule has 1 amide bonds. The predicted molar refractivity (Wildman–Crippen MR) is 105 cm³/mol. The highest BCUT2D eigenvalue weighted by Crippen LogP contribution is 2.26. The number of methoxy groups -OCH3 is 1. The smallest absolute Gasteiger partial charge is 0.251 e. The Balaban J connectivity index is 1.79. The van der Waals surface area contributed by atoms with Crippen molar-refractivity contribution in [3.63, 3.8) is 0 Å². The Morgan fingerprint density at radius 1 is 1.21 bits per heavy atom. The zero-order valence-corrected chi connectivity index (χ0v) is 16.9.